The second-order valence-corrected chi connectivity index (χ2v) is 12.2. The number of hydrogen-bond acceptors (Lipinski definition) is 7. The number of carbonyl (C=O) groups excluding carboxylic acids is 1. The number of carboxylic acids is 1. The van der Waals surface area contributed by atoms with Crippen LogP contribution in [0.25, 0.3) is 0 Å². The minimum absolute atomic E-state index is 0.0183. The maximum atomic E-state index is 12.7. The molecular weight excluding hydrogens is 567 g/mol. The number of carbonyl (C=O) groups is 2. The summed E-state index contributed by atoms with van der Waals surface area (Å²) in [6.45, 7) is 1.00. The normalized spacial score (nSPS) is 22.5. The standard InChI is InChI=1S/C25H33N3O5S.C2HF3O2/c1-28-14-13-25(17-5-10-21(32-2)22(15-17)33-3)12-11-19(16-23(25)28)27-24(29)26-18-6-8-20(9-7-18)34(4,30)31;3-2(4,5)1(6)7/h5-10,15,19,23H,11-14,16H2,1-4H3,(H2,26,27,29);(H,6,7). The summed E-state index contributed by atoms with van der Waals surface area (Å²) in [5, 5.41) is 13.1. The van der Waals surface area contributed by atoms with E-state index in [9.17, 15) is 26.4 Å². The van der Waals surface area contributed by atoms with Gasteiger partial charge in [0, 0.05) is 29.4 Å². The zero-order valence-corrected chi connectivity index (χ0v) is 23.9. The molecule has 41 heavy (non-hydrogen) atoms. The molecule has 1 aliphatic carbocycles. The zero-order chi connectivity index (χ0) is 30.6. The molecule has 2 aliphatic rings. The number of likely N-dealkylation sites (N-methyl/N-ethyl adjacent to an activating group) is 1. The number of amides is 2. The number of sulfone groups is 1. The summed E-state index contributed by atoms with van der Waals surface area (Å²) in [5.74, 6) is -1.29. The Bertz CT molecular complexity index is 1350. The van der Waals surface area contributed by atoms with Crippen molar-refractivity contribution in [1.82, 2.24) is 10.2 Å². The summed E-state index contributed by atoms with van der Waals surface area (Å²) in [7, 11) is 2.18. The van der Waals surface area contributed by atoms with Crippen LogP contribution in [-0.4, -0.2) is 82.8 Å². The Labute approximate surface area is 236 Å². The molecule has 0 spiro atoms. The molecule has 0 bridgehead atoms. The summed E-state index contributed by atoms with van der Waals surface area (Å²) in [4.78, 5) is 24.2. The molecular formula is C27H34F3N3O7S. The fourth-order valence-electron chi connectivity index (χ4n) is 5.53. The third-order valence-electron chi connectivity index (χ3n) is 7.60. The van der Waals surface area contributed by atoms with Gasteiger partial charge in [0.25, 0.3) is 0 Å². The molecule has 0 aromatic heterocycles. The maximum Gasteiger partial charge on any atom is 0.490 e. The molecule has 226 valence electrons. The second kappa shape index (κ2) is 12.6. The lowest BCUT2D eigenvalue weighted by Crippen LogP contribution is -2.52. The molecule has 3 N–H and O–H groups in total. The first-order valence-corrected chi connectivity index (χ1v) is 14.6. The first-order valence-electron chi connectivity index (χ1n) is 12.7. The molecule has 1 saturated heterocycles. The van der Waals surface area contributed by atoms with E-state index in [-0.39, 0.29) is 22.4 Å². The number of nitrogens with zero attached hydrogens (tertiary/aromatic N) is 1. The van der Waals surface area contributed by atoms with Crippen molar-refractivity contribution in [2.45, 2.75) is 54.3 Å². The van der Waals surface area contributed by atoms with E-state index < -0.39 is 22.0 Å². The van der Waals surface area contributed by atoms with Crippen molar-refractivity contribution in [1.29, 1.82) is 0 Å². The summed E-state index contributed by atoms with van der Waals surface area (Å²) in [6, 6.07) is 12.5. The summed E-state index contributed by atoms with van der Waals surface area (Å²) in [5.41, 5.74) is 1.83. The zero-order valence-electron chi connectivity index (χ0n) is 23.1. The van der Waals surface area contributed by atoms with E-state index in [0.717, 1.165) is 50.0 Å². The molecule has 2 aromatic rings. The van der Waals surface area contributed by atoms with Crippen LogP contribution in [0.3, 0.4) is 0 Å². The van der Waals surface area contributed by atoms with Crippen LogP contribution in [0.15, 0.2) is 47.4 Å². The van der Waals surface area contributed by atoms with Gasteiger partial charge in [-0.25, -0.2) is 18.0 Å². The molecule has 0 radical (unpaired) electrons. The lowest BCUT2D eigenvalue weighted by molar-refractivity contribution is -0.192. The van der Waals surface area contributed by atoms with E-state index in [4.69, 9.17) is 19.4 Å². The van der Waals surface area contributed by atoms with E-state index >= 15 is 0 Å². The number of aliphatic carboxylic acids is 1. The number of halogens is 3. The molecule has 2 aromatic carbocycles. The van der Waals surface area contributed by atoms with E-state index in [1.54, 1.807) is 26.4 Å². The van der Waals surface area contributed by atoms with Gasteiger partial charge in [0.05, 0.1) is 19.1 Å². The van der Waals surface area contributed by atoms with E-state index in [2.05, 4.69) is 34.7 Å². The minimum atomic E-state index is -5.08. The number of rotatable bonds is 6. The van der Waals surface area contributed by atoms with Crippen LogP contribution in [-0.2, 0) is 20.0 Å². The minimum Gasteiger partial charge on any atom is -0.493 e. The topological polar surface area (TPSA) is 134 Å². The molecule has 2 fully saturated rings. The molecule has 4 rings (SSSR count). The molecule has 1 saturated carbocycles. The highest BCUT2D eigenvalue weighted by Crippen LogP contribution is 2.49. The average molecular weight is 602 g/mol. The van der Waals surface area contributed by atoms with Crippen molar-refractivity contribution in [3.8, 4) is 11.5 Å². The average Bonchev–Trinajstić information content (AvgIpc) is 3.24. The number of fused-ring (bicyclic) bond motifs is 1. The Morgan fingerprint density at radius 2 is 1.66 bits per heavy atom. The largest absolute Gasteiger partial charge is 0.493 e. The van der Waals surface area contributed by atoms with Crippen LogP contribution < -0.4 is 20.1 Å². The lowest BCUT2D eigenvalue weighted by Gasteiger charge is -2.45. The molecule has 3 unspecified atom stereocenters. The Hall–Kier alpha value is -3.52. The lowest BCUT2D eigenvalue weighted by atomic mass is 9.65. The first-order chi connectivity index (χ1) is 19.1. The van der Waals surface area contributed by atoms with Gasteiger partial charge in [-0.1, -0.05) is 6.07 Å². The van der Waals surface area contributed by atoms with Crippen LogP contribution in [0.2, 0.25) is 0 Å². The molecule has 10 nitrogen and oxygen atoms in total. The van der Waals surface area contributed by atoms with Gasteiger partial charge in [0.2, 0.25) is 0 Å². The highest BCUT2D eigenvalue weighted by Gasteiger charge is 2.50. The van der Waals surface area contributed by atoms with Crippen molar-refractivity contribution in [2.24, 2.45) is 0 Å². The third kappa shape index (κ3) is 7.61. The van der Waals surface area contributed by atoms with Crippen molar-refractivity contribution < 1.29 is 45.8 Å². The molecule has 2 amide bonds. The summed E-state index contributed by atoms with van der Waals surface area (Å²) < 4.78 is 66.0. The van der Waals surface area contributed by atoms with Gasteiger partial charge < -0.3 is 30.1 Å². The number of benzene rings is 2. The number of urea groups is 1. The van der Waals surface area contributed by atoms with Crippen LogP contribution in [0.1, 0.15) is 31.2 Å². The van der Waals surface area contributed by atoms with Gasteiger partial charge in [-0.05, 0) is 81.2 Å². The molecule has 3 atom stereocenters. The van der Waals surface area contributed by atoms with Crippen LogP contribution in [0.5, 0.6) is 11.5 Å². The van der Waals surface area contributed by atoms with Crippen molar-refractivity contribution >= 4 is 27.5 Å². The Morgan fingerprint density at radius 1 is 1.05 bits per heavy atom. The number of anilines is 1. The summed E-state index contributed by atoms with van der Waals surface area (Å²) in [6.07, 6.45) is -0.168. The quantitative estimate of drug-likeness (QED) is 0.452. The molecule has 1 heterocycles. The van der Waals surface area contributed by atoms with Crippen molar-refractivity contribution in [3.05, 3.63) is 48.0 Å². The maximum absolute atomic E-state index is 12.7. The fourth-order valence-corrected chi connectivity index (χ4v) is 6.16. The number of likely N-dealkylation sites (tertiary alicyclic amines) is 1. The Balaban J connectivity index is 0.000000587. The number of ether oxygens (including phenoxy) is 2. The number of methoxy groups -OCH3 is 2. The second-order valence-electron chi connectivity index (χ2n) is 10.1. The highest BCUT2D eigenvalue weighted by molar-refractivity contribution is 7.90. The number of nitrogens with one attached hydrogen (secondary N) is 2. The predicted molar refractivity (Wildman–Crippen MR) is 145 cm³/mol. The van der Waals surface area contributed by atoms with Gasteiger partial charge in [0.1, 0.15) is 0 Å². The smallest absolute Gasteiger partial charge is 0.490 e. The van der Waals surface area contributed by atoms with Crippen LogP contribution >= 0.6 is 0 Å². The summed E-state index contributed by atoms with van der Waals surface area (Å²) >= 11 is 0. The van der Waals surface area contributed by atoms with E-state index in [1.165, 1.54) is 17.7 Å². The van der Waals surface area contributed by atoms with Gasteiger partial charge in [0.15, 0.2) is 21.3 Å². The first kappa shape index (κ1) is 32.0. The van der Waals surface area contributed by atoms with Crippen LogP contribution in [0, 0.1) is 0 Å². The monoisotopic (exact) mass is 601 g/mol. The fraction of sp³-hybridized carbons (Fsp3) is 0.481. The van der Waals surface area contributed by atoms with Crippen molar-refractivity contribution in [3.63, 3.8) is 0 Å². The van der Waals surface area contributed by atoms with Gasteiger partial charge in [-0.2, -0.15) is 13.2 Å². The highest BCUT2D eigenvalue weighted by atomic mass is 32.2. The number of alkyl halides is 3. The van der Waals surface area contributed by atoms with E-state index in [1.807, 2.05) is 6.07 Å². The SMILES string of the molecule is COc1ccc(C23CCC(NC(=O)Nc4ccc(S(C)(=O)=O)cc4)CC2N(C)CC3)cc1OC.O=C(O)C(F)(F)F. The predicted octanol–water partition coefficient (Wildman–Crippen LogP) is 4.06. The molecule has 1 aliphatic heterocycles. The van der Waals surface area contributed by atoms with E-state index in [0.29, 0.717) is 11.7 Å². The van der Waals surface area contributed by atoms with Gasteiger partial charge in [-0.15, -0.1) is 0 Å². The van der Waals surface area contributed by atoms with Crippen molar-refractivity contribution in [2.75, 3.05) is 39.4 Å². The van der Waals surface area contributed by atoms with Gasteiger partial charge >= 0.3 is 18.2 Å². The number of carboxylic acid groups (broad SMARTS) is 1. The Morgan fingerprint density at radius 3 is 2.20 bits per heavy atom. The third-order valence-corrected chi connectivity index (χ3v) is 8.73. The number of hydrogen-bond donors (Lipinski definition) is 3. The van der Waals surface area contributed by atoms with Gasteiger partial charge in [-0.3, -0.25) is 0 Å². The Kier molecular flexibility index (Phi) is 9.80. The van der Waals surface area contributed by atoms with Crippen LogP contribution in [0.4, 0.5) is 23.7 Å². The molecule has 14 heteroatoms.